The number of aromatic amines is 1. The largest absolute Gasteiger partial charge is 0.301 e. The molecule has 2 aromatic heterocycles. The molecule has 0 aliphatic carbocycles. The van der Waals surface area contributed by atoms with Gasteiger partial charge in [0.2, 0.25) is 10.0 Å². The average Bonchev–Trinajstić information content (AvgIpc) is 3.31. The van der Waals surface area contributed by atoms with Gasteiger partial charge in [0.05, 0.1) is 27.3 Å². The Labute approximate surface area is 228 Å². The van der Waals surface area contributed by atoms with Crippen LogP contribution in [0, 0.1) is 0 Å². The molecule has 2 heterocycles. The van der Waals surface area contributed by atoms with E-state index in [0.29, 0.717) is 39.5 Å². The molecule has 6 rings (SSSR count). The van der Waals surface area contributed by atoms with Crippen molar-refractivity contribution in [1.82, 2.24) is 19.7 Å². The maximum Gasteiger partial charge on any atom is 0.301 e. The molecule has 11 heteroatoms. The molecule has 0 spiro atoms. The number of aromatic nitrogens is 4. The third-order valence-corrected chi connectivity index (χ3v) is 7.10. The van der Waals surface area contributed by atoms with Crippen molar-refractivity contribution in [2.75, 3.05) is 0 Å². The maximum atomic E-state index is 13.9. The van der Waals surface area contributed by atoms with E-state index in [2.05, 4.69) is 15.3 Å². The molecule has 10 nitrogen and oxygen atoms in total. The van der Waals surface area contributed by atoms with Crippen molar-refractivity contribution in [2.24, 2.45) is 15.4 Å². The van der Waals surface area contributed by atoms with E-state index in [-0.39, 0.29) is 10.6 Å². The molecular formula is C29H21N7O3S. The average molecular weight is 548 g/mol. The highest BCUT2D eigenvalue weighted by Gasteiger charge is 2.21. The Kier molecular flexibility index (Phi) is 6.34. The van der Waals surface area contributed by atoms with Crippen LogP contribution in [0.3, 0.4) is 0 Å². The Balaban J connectivity index is 1.55. The SMILES string of the molecule is NS(=O)(=O)c1ccc(N=Nc2c(-c3ccccc3)[nH]n(-c3nc4ccccc4nc3-c3ccccc3)c2=O)cc1. The number of nitrogens with one attached hydrogen (secondary N) is 1. The van der Waals surface area contributed by atoms with Gasteiger partial charge in [-0.2, -0.15) is 9.80 Å². The van der Waals surface area contributed by atoms with Gasteiger partial charge in [0.1, 0.15) is 5.69 Å². The minimum atomic E-state index is -3.85. The van der Waals surface area contributed by atoms with Crippen molar-refractivity contribution in [2.45, 2.75) is 4.90 Å². The summed E-state index contributed by atoms with van der Waals surface area (Å²) in [5, 5.41) is 16.8. The molecule has 40 heavy (non-hydrogen) atoms. The number of sulfonamides is 1. The van der Waals surface area contributed by atoms with E-state index in [9.17, 15) is 13.2 Å². The van der Waals surface area contributed by atoms with Gasteiger partial charge in [-0.3, -0.25) is 9.89 Å². The summed E-state index contributed by atoms with van der Waals surface area (Å²) >= 11 is 0. The number of benzene rings is 4. The van der Waals surface area contributed by atoms with E-state index >= 15 is 0 Å². The number of nitrogens with zero attached hydrogens (tertiary/aromatic N) is 5. The molecule has 0 fully saturated rings. The van der Waals surface area contributed by atoms with Gasteiger partial charge in [-0.25, -0.2) is 23.5 Å². The standard InChI is InChI=1S/C29H21N7O3S/c30-40(38,39)22-17-15-21(16-18-22)33-34-27-25(19-9-3-1-4-10-19)35-36(29(27)37)28-26(20-11-5-2-6-12-20)31-23-13-7-8-14-24(23)32-28/h1-18,35H,(H2,30,38,39). The van der Waals surface area contributed by atoms with E-state index in [1.54, 1.807) is 0 Å². The molecule has 0 amide bonds. The van der Waals surface area contributed by atoms with Crippen molar-refractivity contribution >= 4 is 32.4 Å². The van der Waals surface area contributed by atoms with Gasteiger partial charge in [0, 0.05) is 11.1 Å². The molecule has 0 saturated carbocycles. The zero-order valence-electron chi connectivity index (χ0n) is 20.8. The third kappa shape index (κ3) is 4.82. The first-order valence-electron chi connectivity index (χ1n) is 12.2. The van der Waals surface area contributed by atoms with Crippen LogP contribution < -0.4 is 10.7 Å². The predicted molar refractivity (Wildman–Crippen MR) is 152 cm³/mol. The van der Waals surface area contributed by atoms with E-state index in [1.807, 2.05) is 84.9 Å². The van der Waals surface area contributed by atoms with Crippen LogP contribution in [0.5, 0.6) is 0 Å². The molecule has 0 aliphatic rings. The Hall–Kier alpha value is -5.26. The second-order valence-electron chi connectivity index (χ2n) is 8.83. The summed E-state index contributed by atoms with van der Waals surface area (Å²) in [6.07, 6.45) is 0. The Morgan fingerprint density at radius 2 is 1.27 bits per heavy atom. The zero-order chi connectivity index (χ0) is 27.7. The van der Waals surface area contributed by atoms with Crippen LogP contribution in [0.2, 0.25) is 0 Å². The minimum Gasteiger partial charge on any atom is -0.286 e. The lowest BCUT2D eigenvalue weighted by Crippen LogP contribution is -2.17. The molecule has 0 radical (unpaired) electrons. The highest BCUT2D eigenvalue weighted by atomic mass is 32.2. The van der Waals surface area contributed by atoms with Crippen molar-refractivity contribution in [3.05, 3.63) is 120 Å². The molecule has 0 aliphatic heterocycles. The second-order valence-corrected chi connectivity index (χ2v) is 10.4. The predicted octanol–water partition coefficient (Wildman–Crippen LogP) is 5.51. The summed E-state index contributed by atoms with van der Waals surface area (Å²) in [4.78, 5) is 23.5. The first kappa shape index (κ1) is 25.0. The fourth-order valence-corrected chi connectivity index (χ4v) is 4.74. The van der Waals surface area contributed by atoms with Crippen molar-refractivity contribution in [3.8, 4) is 28.3 Å². The van der Waals surface area contributed by atoms with Crippen molar-refractivity contribution in [1.29, 1.82) is 0 Å². The van der Waals surface area contributed by atoms with Gasteiger partial charge in [0.25, 0.3) is 0 Å². The smallest absolute Gasteiger partial charge is 0.286 e. The summed E-state index contributed by atoms with van der Waals surface area (Å²) < 4.78 is 24.5. The van der Waals surface area contributed by atoms with E-state index in [1.165, 1.54) is 28.9 Å². The van der Waals surface area contributed by atoms with Crippen LogP contribution >= 0.6 is 0 Å². The maximum absolute atomic E-state index is 13.9. The van der Waals surface area contributed by atoms with Crippen LogP contribution in [-0.2, 0) is 10.0 Å². The summed E-state index contributed by atoms with van der Waals surface area (Å²) in [6.45, 7) is 0. The second kappa shape index (κ2) is 10.1. The monoisotopic (exact) mass is 547 g/mol. The number of nitrogens with two attached hydrogens (primary N) is 1. The van der Waals surface area contributed by atoms with Crippen LogP contribution in [0.25, 0.3) is 39.4 Å². The molecule has 0 unspecified atom stereocenters. The first-order chi connectivity index (χ1) is 19.4. The lowest BCUT2D eigenvalue weighted by molar-refractivity contribution is 0.598. The quantitative estimate of drug-likeness (QED) is 0.264. The molecule has 0 bridgehead atoms. The molecule has 0 atom stereocenters. The van der Waals surface area contributed by atoms with Gasteiger partial charge < -0.3 is 0 Å². The Morgan fingerprint density at radius 3 is 1.90 bits per heavy atom. The topological polar surface area (TPSA) is 148 Å². The van der Waals surface area contributed by atoms with Crippen LogP contribution in [0.1, 0.15) is 0 Å². The molecular weight excluding hydrogens is 526 g/mol. The number of para-hydroxylation sites is 2. The highest BCUT2D eigenvalue weighted by Crippen LogP contribution is 2.31. The third-order valence-electron chi connectivity index (χ3n) is 6.17. The van der Waals surface area contributed by atoms with E-state index < -0.39 is 15.6 Å². The molecule has 6 aromatic rings. The van der Waals surface area contributed by atoms with E-state index in [0.717, 1.165) is 5.56 Å². The van der Waals surface area contributed by atoms with Crippen LogP contribution in [0.4, 0.5) is 11.4 Å². The Morgan fingerprint density at radius 1 is 0.700 bits per heavy atom. The fourth-order valence-electron chi connectivity index (χ4n) is 4.22. The number of azo groups is 1. The van der Waals surface area contributed by atoms with Gasteiger partial charge >= 0.3 is 5.56 Å². The minimum absolute atomic E-state index is 0.0516. The number of rotatable bonds is 6. The van der Waals surface area contributed by atoms with Crippen LogP contribution in [0.15, 0.2) is 129 Å². The highest BCUT2D eigenvalue weighted by molar-refractivity contribution is 7.89. The number of primary sulfonamides is 1. The summed E-state index contributed by atoms with van der Waals surface area (Å²) in [5.41, 5.74) is 3.68. The summed E-state index contributed by atoms with van der Waals surface area (Å²) in [7, 11) is -3.85. The van der Waals surface area contributed by atoms with Gasteiger partial charge in [0.15, 0.2) is 11.5 Å². The van der Waals surface area contributed by atoms with Crippen molar-refractivity contribution < 1.29 is 8.42 Å². The Bertz CT molecular complexity index is 2040. The number of H-pyrrole nitrogens is 1. The summed E-state index contributed by atoms with van der Waals surface area (Å²) in [6, 6.07) is 31.8. The fraction of sp³-hybridized carbons (Fsp3) is 0. The van der Waals surface area contributed by atoms with Gasteiger partial charge in [-0.05, 0) is 36.4 Å². The molecule has 196 valence electrons. The van der Waals surface area contributed by atoms with Crippen molar-refractivity contribution in [3.63, 3.8) is 0 Å². The van der Waals surface area contributed by atoms with E-state index in [4.69, 9.17) is 15.1 Å². The van der Waals surface area contributed by atoms with Crippen LogP contribution in [-0.4, -0.2) is 28.2 Å². The van der Waals surface area contributed by atoms with Gasteiger partial charge in [-0.15, -0.1) is 5.11 Å². The number of fused-ring (bicyclic) bond motifs is 1. The lowest BCUT2D eigenvalue weighted by atomic mass is 10.1. The normalized spacial score (nSPS) is 11.8. The molecule has 0 saturated heterocycles. The number of hydrogen-bond donors (Lipinski definition) is 2. The first-order valence-corrected chi connectivity index (χ1v) is 13.7. The zero-order valence-corrected chi connectivity index (χ0v) is 21.7. The molecule has 3 N–H and O–H groups in total. The summed E-state index contributed by atoms with van der Waals surface area (Å²) in [5.74, 6) is 0.311. The van der Waals surface area contributed by atoms with Gasteiger partial charge in [-0.1, -0.05) is 72.8 Å². The molecule has 4 aromatic carbocycles. The number of hydrogen-bond acceptors (Lipinski definition) is 7. The lowest BCUT2D eigenvalue weighted by Gasteiger charge is -2.10.